The second-order valence-corrected chi connectivity index (χ2v) is 7.91. The van der Waals surface area contributed by atoms with E-state index in [1.54, 1.807) is 30.3 Å². The molecule has 4 aromatic rings. The van der Waals surface area contributed by atoms with E-state index in [0.717, 1.165) is 9.64 Å². The number of rotatable bonds is 4. The highest BCUT2D eigenvalue weighted by Crippen LogP contribution is 2.41. The Bertz CT molecular complexity index is 1230. The summed E-state index contributed by atoms with van der Waals surface area (Å²) in [6.07, 6.45) is -3.12. The average Bonchev–Trinajstić information content (AvgIpc) is 3.18. The van der Waals surface area contributed by atoms with E-state index < -0.39 is 29.2 Å². The Hall–Kier alpha value is -2.79. The standard InChI is InChI=1S/C22H13F4IN2O2/c23-17-7-6-14(22(24,25)26)10-16(17)19-18(20(30)13-4-2-8-28-11-13)21(31-29-19)12-3-1-5-15(27)9-12/h1-11,20,30H. The van der Waals surface area contributed by atoms with Crippen molar-refractivity contribution in [3.63, 3.8) is 0 Å². The van der Waals surface area contributed by atoms with Crippen molar-refractivity contribution in [1.82, 2.24) is 10.1 Å². The fourth-order valence-electron chi connectivity index (χ4n) is 3.17. The van der Waals surface area contributed by atoms with Crippen molar-refractivity contribution in [3.8, 4) is 22.6 Å². The van der Waals surface area contributed by atoms with Crippen LogP contribution in [0.2, 0.25) is 0 Å². The van der Waals surface area contributed by atoms with Gasteiger partial charge in [-0.05, 0) is 59.0 Å². The van der Waals surface area contributed by atoms with Crippen molar-refractivity contribution >= 4 is 22.6 Å². The number of nitrogens with zero attached hydrogens (tertiary/aromatic N) is 2. The molecule has 2 heterocycles. The number of aliphatic hydroxyl groups is 1. The Kier molecular flexibility index (Phi) is 5.80. The van der Waals surface area contributed by atoms with E-state index in [2.05, 4.69) is 32.7 Å². The maximum absolute atomic E-state index is 14.6. The third-order valence-electron chi connectivity index (χ3n) is 4.64. The predicted molar refractivity (Wildman–Crippen MR) is 113 cm³/mol. The Balaban J connectivity index is 1.96. The number of pyridine rings is 1. The number of halogens is 5. The molecule has 4 nitrogen and oxygen atoms in total. The van der Waals surface area contributed by atoms with Gasteiger partial charge in [0.15, 0.2) is 5.76 Å². The zero-order valence-electron chi connectivity index (χ0n) is 15.6. The molecule has 0 saturated heterocycles. The molecule has 1 atom stereocenters. The van der Waals surface area contributed by atoms with Gasteiger partial charge in [0.25, 0.3) is 0 Å². The second-order valence-electron chi connectivity index (χ2n) is 6.67. The molecule has 2 aromatic heterocycles. The summed E-state index contributed by atoms with van der Waals surface area (Å²) in [6, 6.07) is 12.3. The lowest BCUT2D eigenvalue weighted by Gasteiger charge is -2.14. The minimum atomic E-state index is -4.67. The molecule has 158 valence electrons. The van der Waals surface area contributed by atoms with Gasteiger partial charge < -0.3 is 9.63 Å². The van der Waals surface area contributed by atoms with Crippen molar-refractivity contribution in [2.75, 3.05) is 0 Å². The van der Waals surface area contributed by atoms with Gasteiger partial charge in [0.1, 0.15) is 17.6 Å². The molecule has 0 fully saturated rings. The Labute approximate surface area is 187 Å². The zero-order chi connectivity index (χ0) is 22.2. The quantitative estimate of drug-likeness (QED) is 0.246. The molecule has 1 unspecified atom stereocenters. The lowest BCUT2D eigenvalue weighted by Crippen LogP contribution is -2.07. The van der Waals surface area contributed by atoms with E-state index >= 15 is 0 Å². The van der Waals surface area contributed by atoms with Crippen LogP contribution < -0.4 is 0 Å². The van der Waals surface area contributed by atoms with Crippen LogP contribution in [0.15, 0.2) is 71.5 Å². The van der Waals surface area contributed by atoms with E-state index in [-0.39, 0.29) is 17.0 Å². The van der Waals surface area contributed by atoms with Crippen molar-refractivity contribution in [2.45, 2.75) is 12.3 Å². The molecular weight excluding hydrogens is 527 g/mol. The van der Waals surface area contributed by atoms with Crippen LogP contribution in [-0.2, 0) is 6.18 Å². The first-order valence-corrected chi connectivity index (χ1v) is 10.0. The molecule has 0 aliphatic heterocycles. The maximum Gasteiger partial charge on any atom is 0.416 e. The highest BCUT2D eigenvalue weighted by molar-refractivity contribution is 14.1. The summed E-state index contributed by atoms with van der Waals surface area (Å²) in [5.41, 5.74) is -0.734. The summed E-state index contributed by atoms with van der Waals surface area (Å²) in [5, 5.41) is 14.9. The number of benzene rings is 2. The third-order valence-corrected chi connectivity index (χ3v) is 5.31. The normalized spacial score (nSPS) is 12.7. The van der Waals surface area contributed by atoms with E-state index in [0.29, 0.717) is 23.3 Å². The summed E-state index contributed by atoms with van der Waals surface area (Å²) < 4.78 is 60.6. The van der Waals surface area contributed by atoms with Crippen LogP contribution in [0.4, 0.5) is 17.6 Å². The van der Waals surface area contributed by atoms with Gasteiger partial charge in [0, 0.05) is 32.7 Å². The molecule has 0 radical (unpaired) electrons. The van der Waals surface area contributed by atoms with Crippen molar-refractivity contribution in [3.05, 3.63) is 93.1 Å². The zero-order valence-corrected chi connectivity index (χ0v) is 17.7. The van der Waals surface area contributed by atoms with Crippen molar-refractivity contribution < 1.29 is 27.2 Å². The average molecular weight is 540 g/mol. The van der Waals surface area contributed by atoms with E-state index in [4.69, 9.17) is 4.52 Å². The van der Waals surface area contributed by atoms with Crippen LogP contribution in [0, 0.1) is 9.39 Å². The van der Waals surface area contributed by atoms with E-state index in [1.807, 2.05) is 6.07 Å². The van der Waals surface area contributed by atoms with Gasteiger partial charge >= 0.3 is 6.18 Å². The van der Waals surface area contributed by atoms with Crippen LogP contribution in [-0.4, -0.2) is 15.2 Å². The molecule has 0 amide bonds. The topological polar surface area (TPSA) is 59.2 Å². The molecule has 4 rings (SSSR count). The summed E-state index contributed by atoms with van der Waals surface area (Å²) in [4.78, 5) is 3.96. The Morgan fingerprint density at radius 3 is 2.52 bits per heavy atom. The largest absolute Gasteiger partial charge is 0.416 e. The van der Waals surface area contributed by atoms with Crippen LogP contribution in [0.25, 0.3) is 22.6 Å². The summed E-state index contributed by atoms with van der Waals surface area (Å²) >= 11 is 2.09. The molecule has 0 aliphatic carbocycles. The van der Waals surface area contributed by atoms with Crippen LogP contribution in [0.1, 0.15) is 22.8 Å². The van der Waals surface area contributed by atoms with Gasteiger partial charge in [-0.1, -0.05) is 23.4 Å². The molecular formula is C22H13F4IN2O2. The number of alkyl halides is 3. The molecule has 2 aromatic carbocycles. The first kappa shape index (κ1) is 21.4. The second kappa shape index (κ2) is 8.39. The lowest BCUT2D eigenvalue weighted by atomic mass is 9.94. The van der Waals surface area contributed by atoms with E-state index in [9.17, 15) is 22.7 Å². The monoisotopic (exact) mass is 540 g/mol. The number of aromatic nitrogens is 2. The smallest absolute Gasteiger partial charge is 0.383 e. The van der Waals surface area contributed by atoms with Gasteiger partial charge in [-0.2, -0.15) is 13.2 Å². The minimum absolute atomic E-state index is 0.0493. The number of hydrogen-bond acceptors (Lipinski definition) is 4. The number of aliphatic hydroxyl groups excluding tert-OH is 1. The molecule has 0 saturated carbocycles. The molecule has 31 heavy (non-hydrogen) atoms. The Morgan fingerprint density at radius 2 is 1.84 bits per heavy atom. The van der Waals surface area contributed by atoms with Crippen LogP contribution >= 0.6 is 22.6 Å². The summed E-state index contributed by atoms with van der Waals surface area (Å²) in [5.74, 6) is -0.795. The molecule has 0 aliphatic rings. The summed E-state index contributed by atoms with van der Waals surface area (Å²) in [7, 11) is 0. The molecule has 0 spiro atoms. The van der Waals surface area contributed by atoms with Crippen molar-refractivity contribution in [1.29, 1.82) is 0 Å². The van der Waals surface area contributed by atoms with E-state index in [1.165, 1.54) is 12.4 Å². The van der Waals surface area contributed by atoms with Crippen molar-refractivity contribution in [2.24, 2.45) is 0 Å². The highest BCUT2D eigenvalue weighted by Gasteiger charge is 2.33. The van der Waals surface area contributed by atoms with Gasteiger partial charge in [-0.25, -0.2) is 4.39 Å². The highest BCUT2D eigenvalue weighted by atomic mass is 127. The minimum Gasteiger partial charge on any atom is -0.383 e. The van der Waals surface area contributed by atoms with Gasteiger partial charge in [-0.3, -0.25) is 4.98 Å². The fraction of sp³-hybridized carbons (Fsp3) is 0.0909. The first-order chi connectivity index (χ1) is 14.8. The maximum atomic E-state index is 14.6. The predicted octanol–water partition coefficient (Wildman–Crippen LogP) is 6.25. The SMILES string of the molecule is OC(c1cccnc1)c1c(-c2cc(C(F)(F)F)ccc2F)noc1-c1cccc(I)c1. The van der Waals surface area contributed by atoms with Crippen LogP contribution in [0.5, 0.6) is 0 Å². The molecule has 9 heteroatoms. The van der Waals surface area contributed by atoms with Crippen LogP contribution in [0.3, 0.4) is 0 Å². The Morgan fingerprint density at radius 1 is 1.03 bits per heavy atom. The third kappa shape index (κ3) is 4.33. The lowest BCUT2D eigenvalue weighted by molar-refractivity contribution is -0.137. The van der Waals surface area contributed by atoms with Gasteiger partial charge in [0.2, 0.25) is 0 Å². The molecule has 0 bridgehead atoms. The molecule has 1 N–H and O–H groups in total. The van der Waals surface area contributed by atoms with Gasteiger partial charge in [0.05, 0.1) is 11.1 Å². The first-order valence-electron chi connectivity index (χ1n) is 8.96. The summed E-state index contributed by atoms with van der Waals surface area (Å²) in [6.45, 7) is 0. The van der Waals surface area contributed by atoms with Gasteiger partial charge in [-0.15, -0.1) is 0 Å². The fourth-order valence-corrected chi connectivity index (χ4v) is 3.71. The number of hydrogen-bond donors (Lipinski definition) is 1.